The first-order valence-corrected chi connectivity index (χ1v) is 3.89. The summed E-state index contributed by atoms with van der Waals surface area (Å²) in [4.78, 5) is 10.8. The van der Waals surface area contributed by atoms with E-state index < -0.39 is 0 Å². The number of hydrogen-bond donors (Lipinski definition) is 1. The lowest BCUT2D eigenvalue weighted by molar-refractivity contribution is 0.101. The van der Waals surface area contributed by atoms with Crippen molar-refractivity contribution in [3.8, 4) is 0 Å². The minimum absolute atomic E-state index is 0.0975. The van der Waals surface area contributed by atoms with Gasteiger partial charge in [0.2, 0.25) is 0 Å². The van der Waals surface area contributed by atoms with Crippen molar-refractivity contribution >= 4 is 20.9 Å². The molecule has 0 bridgehead atoms. The molecule has 0 fully saturated rings. The van der Waals surface area contributed by atoms with Crippen LogP contribution < -0.4 is 5.09 Å². The van der Waals surface area contributed by atoms with Gasteiger partial charge in [-0.25, -0.2) is 0 Å². The van der Waals surface area contributed by atoms with Crippen LogP contribution in [0, 0.1) is 0 Å². The van der Waals surface area contributed by atoms with Crippen LogP contribution in [0.25, 0.3) is 0 Å². The van der Waals surface area contributed by atoms with Gasteiger partial charge in [-0.2, -0.15) is 0 Å². The van der Waals surface area contributed by atoms with Gasteiger partial charge in [-0.3, -0.25) is 4.79 Å². The van der Waals surface area contributed by atoms with Crippen molar-refractivity contribution < 1.29 is 4.79 Å². The molecule has 1 N–H and O–H groups in total. The Hall–Kier alpha value is -0.880. The summed E-state index contributed by atoms with van der Waals surface area (Å²) in [6.45, 7) is 1.56. The molecule has 1 aromatic rings. The third-order valence-corrected chi connectivity index (χ3v) is 1.79. The lowest BCUT2D eigenvalue weighted by Crippen LogP contribution is -1.90. The molecule has 1 atom stereocenters. The highest BCUT2D eigenvalue weighted by atomic mass is 31.0. The van der Waals surface area contributed by atoms with Crippen LogP contribution in [0.15, 0.2) is 24.3 Å². The summed E-state index contributed by atoms with van der Waals surface area (Å²) in [6, 6.07) is 7.33. The van der Waals surface area contributed by atoms with Crippen molar-refractivity contribution in [2.75, 3.05) is 5.09 Å². The van der Waals surface area contributed by atoms with Gasteiger partial charge >= 0.3 is 0 Å². The molecule has 2 nitrogen and oxygen atoms in total. The maximum absolute atomic E-state index is 10.8. The van der Waals surface area contributed by atoms with E-state index in [0.717, 1.165) is 11.3 Å². The van der Waals surface area contributed by atoms with Gasteiger partial charge in [0, 0.05) is 11.3 Å². The molecule has 0 saturated heterocycles. The topological polar surface area (TPSA) is 29.1 Å². The summed E-state index contributed by atoms with van der Waals surface area (Å²) >= 11 is 0. The third kappa shape index (κ3) is 2.02. The van der Waals surface area contributed by atoms with E-state index in [9.17, 15) is 4.79 Å². The molecule has 0 spiro atoms. The molecule has 0 heterocycles. The van der Waals surface area contributed by atoms with E-state index in [0.29, 0.717) is 0 Å². The van der Waals surface area contributed by atoms with Gasteiger partial charge in [0.1, 0.15) is 0 Å². The molecule has 0 aromatic heterocycles. The lowest BCUT2D eigenvalue weighted by atomic mass is 10.1. The minimum Gasteiger partial charge on any atom is -0.369 e. The van der Waals surface area contributed by atoms with Crippen LogP contribution in [-0.4, -0.2) is 5.78 Å². The van der Waals surface area contributed by atoms with Crippen LogP contribution in [0.4, 0.5) is 5.69 Å². The van der Waals surface area contributed by atoms with Crippen molar-refractivity contribution in [1.29, 1.82) is 0 Å². The van der Waals surface area contributed by atoms with E-state index in [4.69, 9.17) is 0 Å². The molecule has 1 unspecified atom stereocenters. The molecular weight excluding hydrogens is 157 g/mol. The number of benzene rings is 1. The fourth-order valence-electron chi connectivity index (χ4n) is 0.801. The highest BCUT2D eigenvalue weighted by Gasteiger charge is 1.96. The van der Waals surface area contributed by atoms with Crippen molar-refractivity contribution in [1.82, 2.24) is 0 Å². The van der Waals surface area contributed by atoms with E-state index in [2.05, 4.69) is 14.5 Å². The zero-order valence-corrected chi connectivity index (χ0v) is 7.45. The van der Waals surface area contributed by atoms with Gasteiger partial charge in [-0.1, -0.05) is 0 Å². The lowest BCUT2D eigenvalue weighted by Gasteiger charge is -1.99. The van der Waals surface area contributed by atoms with Gasteiger partial charge in [0.25, 0.3) is 0 Å². The SMILES string of the molecule is CC(=O)c1ccc(NP)cc1. The zero-order valence-electron chi connectivity index (χ0n) is 6.29. The molecule has 58 valence electrons. The second kappa shape index (κ2) is 3.49. The number of Topliss-reactive ketones (excluding diaryl/α,β-unsaturated/α-hetero) is 1. The molecular formula is C8H10NOP. The fraction of sp³-hybridized carbons (Fsp3) is 0.125. The molecule has 1 aromatic carbocycles. The Morgan fingerprint density at radius 1 is 1.36 bits per heavy atom. The molecule has 3 heteroatoms. The molecule has 0 aliphatic carbocycles. The van der Waals surface area contributed by atoms with E-state index in [1.807, 2.05) is 12.1 Å². The number of hydrogen-bond acceptors (Lipinski definition) is 2. The number of anilines is 1. The van der Waals surface area contributed by atoms with E-state index in [-0.39, 0.29) is 5.78 Å². The van der Waals surface area contributed by atoms with Gasteiger partial charge in [-0.15, -0.1) is 0 Å². The molecule has 0 saturated carbocycles. The Morgan fingerprint density at radius 2 is 1.91 bits per heavy atom. The number of carbonyl (C=O) groups excluding carboxylic acids is 1. The van der Waals surface area contributed by atoms with E-state index in [1.165, 1.54) is 0 Å². The van der Waals surface area contributed by atoms with Gasteiger partial charge in [0.15, 0.2) is 5.78 Å². The average Bonchev–Trinajstić information content (AvgIpc) is 2.05. The normalized spacial score (nSPS) is 9.27. The van der Waals surface area contributed by atoms with Crippen LogP contribution in [-0.2, 0) is 0 Å². The predicted octanol–water partition coefficient (Wildman–Crippen LogP) is 2.09. The molecule has 0 amide bonds. The van der Waals surface area contributed by atoms with Crippen molar-refractivity contribution in [2.24, 2.45) is 0 Å². The van der Waals surface area contributed by atoms with E-state index in [1.54, 1.807) is 19.1 Å². The second-order valence-electron chi connectivity index (χ2n) is 2.28. The number of nitrogens with one attached hydrogen (secondary N) is 1. The summed E-state index contributed by atoms with van der Waals surface area (Å²) in [6.07, 6.45) is 0. The predicted molar refractivity (Wildman–Crippen MR) is 49.8 cm³/mol. The van der Waals surface area contributed by atoms with Gasteiger partial charge < -0.3 is 5.09 Å². The highest BCUT2D eigenvalue weighted by Crippen LogP contribution is 2.10. The summed E-state index contributed by atoms with van der Waals surface area (Å²) in [5.74, 6) is 0.0975. The first-order chi connectivity index (χ1) is 5.24. The fourth-order valence-corrected chi connectivity index (χ4v) is 0.994. The summed E-state index contributed by atoms with van der Waals surface area (Å²) in [7, 11) is 2.40. The Morgan fingerprint density at radius 3 is 2.27 bits per heavy atom. The molecule has 0 aliphatic heterocycles. The van der Waals surface area contributed by atoms with Gasteiger partial charge in [-0.05, 0) is 40.6 Å². The first-order valence-electron chi connectivity index (χ1n) is 3.31. The Bertz CT molecular complexity index is 255. The van der Waals surface area contributed by atoms with Crippen LogP contribution in [0.1, 0.15) is 17.3 Å². The number of rotatable bonds is 2. The summed E-state index contributed by atoms with van der Waals surface area (Å²) in [5, 5.41) is 2.90. The maximum atomic E-state index is 10.8. The van der Waals surface area contributed by atoms with Crippen LogP contribution in [0.2, 0.25) is 0 Å². The van der Waals surface area contributed by atoms with Crippen molar-refractivity contribution in [3.05, 3.63) is 29.8 Å². The van der Waals surface area contributed by atoms with Crippen molar-refractivity contribution in [3.63, 3.8) is 0 Å². The molecule has 0 aliphatic rings. The van der Waals surface area contributed by atoms with E-state index >= 15 is 0 Å². The Labute approximate surface area is 68.3 Å². The minimum atomic E-state index is 0.0975. The third-order valence-electron chi connectivity index (χ3n) is 1.46. The zero-order chi connectivity index (χ0) is 8.27. The smallest absolute Gasteiger partial charge is 0.159 e. The maximum Gasteiger partial charge on any atom is 0.159 e. The largest absolute Gasteiger partial charge is 0.369 e. The molecule has 11 heavy (non-hydrogen) atoms. The average molecular weight is 167 g/mol. The van der Waals surface area contributed by atoms with Gasteiger partial charge in [0.05, 0.1) is 0 Å². The Balaban J connectivity index is 2.91. The molecule has 0 radical (unpaired) electrons. The van der Waals surface area contributed by atoms with Crippen LogP contribution in [0.5, 0.6) is 0 Å². The molecule has 1 rings (SSSR count). The Kier molecular flexibility index (Phi) is 2.61. The van der Waals surface area contributed by atoms with Crippen LogP contribution >= 0.6 is 9.39 Å². The standard InChI is InChI=1S/C8H10NOP/c1-6(10)7-2-4-8(9-11)5-3-7/h2-5,9H,11H2,1H3. The van der Waals surface area contributed by atoms with Crippen LogP contribution in [0.3, 0.4) is 0 Å². The monoisotopic (exact) mass is 167 g/mol. The quantitative estimate of drug-likeness (QED) is 0.539. The number of ketones is 1. The summed E-state index contributed by atoms with van der Waals surface area (Å²) < 4.78 is 0. The first kappa shape index (κ1) is 8.22. The number of carbonyl (C=O) groups is 1. The second-order valence-corrected chi connectivity index (χ2v) is 2.57. The van der Waals surface area contributed by atoms with Crippen molar-refractivity contribution in [2.45, 2.75) is 6.92 Å². The highest BCUT2D eigenvalue weighted by molar-refractivity contribution is 7.18. The summed E-state index contributed by atoms with van der Waals surface area (Å²) in [5.41, 5.74) is 1.73.